The molecule has 112 valence electrons. The number of ether oxygens (including phenoxy) is 1. The summed E-state index contributed by atoms with van der Waals surface area (Å²) in [6, 6.07) is 7.11. The lowest BCUT2D eigenvalue weighted by Gasteiger charge is -2.44. The molecule has 2 rings (SSSR count). The van der Waals surface area contributed by atoms with Gasteiger partial charge in [-0.1, -0.05) is 23.3 Å². The summed E-state index contributed by atoms with van der Waals surface area (Å²) >= 11 is 0. The standard InChI is InChI=1S/C14H18N4O3/c1-13(2)9-14(12(19)20,16-7-8-17-18-15)10-5-3-4-6-11(10)21-13/h3-6,16H,7-9H2,1-2H3,(H,19,20). The van der Waals surface area contributed by atoms with Crippen LogP contribution in [0.15, 0.2) is 29.4 Å². The smallest absolute Gasteiger partial charge is 0.328 e. The van der Waals surface area contributed by atoms with Gasteiger partial charge in [0.2, 0.25) is 0 Å². The van der Waals surface area contributed by atoms with Crippen molar-refractivity contribution in [3.8, 4) is 5.75 Å². The molecule has 0 saturated heterocycles. The Morgan fingerprint density at radius 1 is 1.52 bits per heavy atom. The van der Waals surface area contributed by atoms with Crippen LogP contribution in [0.25, 0.3) is 10.4 Å². The van der Waals surface area contributed by atoms with E-state index in [0.717, 1.165) is 0 Å². The molecule has 1 aliphatic heterocycles. The molecule has 0 amide bonds. The number of rotatable bonds is 5. The van der Waals surface area contributed by atoms with E-state index in [-0.39, 0.29) is 19.5 Å². The maximum atomic E-state index is 12.0. The number of para-hydroxylation sites is 1. The fourth-order valence-electron chi connectivity index (χ4n) is 2.76. The highest BCUT2D eigenvalue weighted by molar-refractivity contribution is 5.82. The second kappa shape index (κ2) is 5.63. The average molecular weight is 290 g/mol. The minimum absolute atomic E-state index is 0.189. The Morgan fingerprint density at radius 3 is 2.90 bits per heavy atom. The third kappa shape index (κ3) is 2.94. The van der Waals surface area contributed by atoms with E-state index in [1.807, 2.05) is 19.9 Å². The third-order valence-electron chi connectivity index (χ3n) is 3.49. The second-order valence-corrected chi connectivity index (χ2v) is 5.63. The van der Waals surface area contributed by atoms with Crippen molar-refractivity contribution in [3.63, 3.8) is 0 Å². The van der Waals surface area contributed by atoms with Crippen LogP contribution < -0.4 is 10.1 Å². The van der Waals surface area contributed by atoms with Gasteiger partial charge < -0.3 is 9.84 Å². The molecule has 0 saturated carbocycles. The summed E-state index contributed by atoms with van der Waals surface area (Å²) < 4.78 is 5.87. The topological polar surface area (TPSA) is 107 Å². The van der Waals surface area contributed by atoms with E-state index < -0.39 is 17.1 Å². The minimum Gasteiger partial charge on any atom is -0.487 e. The molecule has 0 bridgehead atoms. The monoisotopic (exact) mass is 290 g/mol. The number of aliphatic carboxylic acids is 1. The van der Waals surface area contributed by atoms with E-state index in [1.165, 1.54) is 0 Å². The summed E-state index contributed by atoms with van der Waals surface area (Å²) in [6.45, 7) is 4.18. The van der Waals surface area contributed by atoms with E-state index in [9.17, 15) is 9.90 Å². The number of benzene rings is 1. The molecule has 1 atom stereocenters. The number of hydrogen-bond acceptors (Lipinski definition) is 4. The molecule has 1 heterocycles. The fraction of sp³-hybridized carbons (Fsp3) is 0.500. The van der Waals surface area contributed by atoms with Gasteiger partial charge in [0.1, 0.15) is 16.9 Å². The largest absolute Gasteiger partial charge is 0.487 e. The van der Waals surface area contributed by atoms with E-state index in [2.05, 4.69) is 15.3 Å². The van der Waals surface area contributed by atoms with Crippen LogP contribution in [0.1, 0.15) is 25.8 Å². The Kier molecular flexibility index (Phi) is 4.06. The maximum Gasteiger partial charge on any atom is 0.328 e. The molecule has 0 aliphatic carbocycles. The highest BCUT2D eigenvalue weighted by atomic mass is 16.5. The zero-order valence-electron chi connectivity index (χ0n) is 12.0. The van der Waals surface area contributed by atoms with Crippen LogP contribution in [0.2, 0.25) is 0 Å². The Balaban J connectivity index is 2.43. The molecule has 1 aliphatic rings. The first-order valence-electron chi connectivity index (χ1n) is 6.69. The predicted octanol–water partition coefficient (Wildman–Crippen LogP) is 2.43. The molecule has 0 radical (unpaired) electrons. The van der Waals surface area contributed by atoms with Gasteiger partial charge in [0, 0.05) is 30.0 Å². The Morgan fingerprint density at radius 2 is 2.24 bits per heavy atom. The van der Waals surface area contributed by atoms with E-state index in [1.54, 1.807) is 18.2 Å². The van der Waals surface area contributed by atoms with Crippen LogP contribution >= 0.6 is 0 Å². The molecular weight excluding hydrogens is 272 g/mol. The highest BCUT2D eigenvalue weighted by Gasteiger charge is 2.50. The third-order valence-corrected chi connectivity index (χ3v) is 3.49. The van der Waals surface area contributed by atoms with Crippen molar-refractivity contribution in [3.05, 3.63) is 40.3 Å². The SMILES string of the molecule is CC1(C)CC(NCCN=[N+]=[N-])(C(=O)O)c2ccccc2O1. The van der Waals surface area contributed by atoms with Crippen LogP contribution in [0.4, 0.5) is 0 Å². The van der Waals surface area contributed by atoms with Crippen molar-refractivity contribution in [2.45, 2.75) is 31.4 Å². The highest BCUT2D eigenvalue weighted by Crippen LogP contribution is 2.43. The number of fused-ring (bicyclic) bond motifs is 1. The van der Waals surface area contributed by atoms with Crippen molar-refractivity contribution in [1.29, 1.82) is 0 Å². The number of hydrogen-bond donors (Lipinski definition) is 2. The summed E-state index contributed by atoms with van der Waals surface area (Å²) in [6.07, 6.45) is 0.280. The van der Waals surface area contributed by atoms with Crippen LogP contribution in [0.5, 0.6) is 5.75 Å². The first kappa shape index (κ1) is 15.2. The van der Waals surface area contributed by atoms with Gasteiger partial charge in [-0.15, -0.1) is 0 Å². The van der Waals surface area contributed by atoms with Gasteiger partial charge in [-0.05, 0) is 25.4 Å². The van der Waals surface area contributed by atoms with Gasteiger partial charge in [-0.2, -0.15) is 0 Å². The zero-order chi connectivity index (χ0) is 15.5. The summed E-state index contributed by atoms with van der Waals surface area (Å²) in [4.78, 5) is 14.6. The van der Waals surface area contributed by atoms with Crippen LogP contribution in [0, 0.1) is 0 Å². The summed E-state index contributed by atoms with van der Waals surface area (Å²) in [5.41, 5.74) is 7.05. The van der Waals surface area contributed by atoms with Gasteiger partial charge >= 0.3 is 5.97 Å². The minimum atomic E-state index is -1.25. The van der Waals surface area contributed by atoms with Gasteiger partial charge in [-0.3, -0.25) is 5.32 Å². The first-order valence-corrected chi connectivity index (χ1v) is 6.69. The van der Waals surface area contributed by atoms with Crippen molar-refractivity contribution in [1.82, 2.24) is 5.32 Å². The van der Waals surface area contributed by atoms with Crippen LogP contribution in [-0.4, -0.2) is 29.8 Å². The number of azide groups is 1. The van der Waals surface area contributed by atoms with Gasteiger partial charge in [-0.25, -0.2) is 4.79 Å². The van der Waals surface area contributed by atoms with Crippen molar-refractivity contribution < 1.29 is 14.6 Å². The average Bonchev–Trinajstić information content (AvgIpc) is 2.42. The van der Waals surface area contributed by atoms with Crippen LogP contribution in [-0.2, 0) is 10.3 Å². The summed E-state index contributed by atoms with van der Waals surface area (Å²) in [5.74, 6) is -0.403. The molecule has 7 nitrogen and oxygen atoms in total. The number of carbonyl (C=O) groups is 1. The molecule has 0 spiro atoms. The molecular formula is C14H18N4O3. The molecule has 2 N–H and O–H groups in total. The molecule has 0 aromatic heterocycles. The molecule has 1 aromatic carbocycles. The first-order chi connectivity index (χ1) is 9.91. The Bertz CT molecular complexity index is 596. The Hall–Kier alpha value is -2.24. The van der Waals surface area contributed by atoms with Crippen molar-refractivity contribution >= 4 is 5.97 Å². The molecule has 1 aromatic rings. The maximum absolute atomic E-state index is 12.0. The lowest BCUT2D eigenvalue weighted by atomic mass is 9.77. The number of carboxylic acids is 1. The quantitative estimate of drug-likeness (QED) is 0.376. The van der Waals surface area contributed by atoms with Gasteiger partial charge in [0.05, 0.1) is 0 Å². The van der Waals surface area contributed by atoms with Gasteiger partial charge in [0.25, 0.3) is 0 Å². The number of nitrogens with zero attached hydrogens (tertiary/aromatic N) is 3. The second-order valence-electron chi connectivity index (χ2n) is 5.63. The van der Waals surface area contributed by atoms with E-state index in [0.29, 0.717) is 11.3 Å². The molecule has 21 heavy (non-hydrogen) atoms. The zero-order valence-corrected chi connectivity index (χ0v) is 12.0. The lowest BCUT2D eigenvalue weighted by molar-refractivity contribution is -0.149. The molecule has 1 unspecified atom stereocenters. The van der Waals surface area contributed by atoms with E-state index in [4.69, 9.17) is 10.3 Å². The predicted molar refractivity (Wildman–Crippen MR) is 77.1 cm³/mol. The molecule has 0 fully saturated rings. The van der Waals surface area contributed by atoms with Crippen molar-refractivity contribution in [2.75, 3.05) is 13.1 Å². The van der Waals surface area contributed by atoms with Crippen LogP contribution in [0.3, 0.4) is 0 Å². The number of nitrogens with one attached hydrogen (secondary N) is 1. The van der Waals surface area contributed by atoms with Gasteiger partial charge in [0.15, 0.2) is 0 Å². The normalized spacial score (nSPS) is 22.6. The lowest BCUT2D eigenvalue weighted by Crippen LogP contribution is -2.57. The summed E-state index contributed by atoms with van der Waals surface area (Å²) in [7, 11) is 0. The van der Waals surface area contributed by atoms with Crippen molar-refractivity contribution in [2.24, 2.45) is 5.11 Å². The Labute approximate surface area is 122 Å². The van der Waals surface area contributed by atoms with E-state index >= 15 is 0 Å². The molecule has 7 heteroatoms. The number of carboxylic acid groups (broad SMARTS) is 1. The summed E-state index contributed by atoms with van der Waals surface area (Å²) in [5, 5.41) is 16.3. The fourth-order valence-corrected chi connectivity index (χ4v) is 2.76.